The van der Waals surface area contributed by atoms with Crippen molar-refractivity contribution in [2.75, 3.05) is 17.9 Å². The van der Waals surface area contributed by atoms with E-state index in [9.17, 15) is 36.0 Å². The summed E-state index contributed by atoms with van der Waals surface area (Å²) in [5, 5.41) is 5.68. The van der Waals surface area contributed by atoms with Gasteiger partial charge in [0.05, 0.1) is 23.1 Å². The van der Waals surface area contributed by atoms with Crippen molar-refractivity contribution in [3.8, 4) is 0 Å². The second-order valence-corrected chi connectivity index (χ2v) is 9.54. The Hall–Kier alpha value is -3.99. The molecule has 0 radical (unpaired) electrons. The van der Waals surface area contributed by atoms with Gasteiger partial charge in [-0.3, -0.25) is 14.3 Å². The molecule has 0 fully saturated rings. The Bertz CT molecular complexity index is 1410. The first-order valence-electron chi connectivity index (χ1n) is 10.4. The number of nitrogens with zero attached hydrogens (tertiary/aromatic N) is 2. The third-order valence-electron chi connectivity index (χ3n) is 4.73. The predicted molar refractivity (Wildman–Crippen MR) is 129 cm³/mol. The average Bonchev–Trinajstić information content (AvgIpc) is 2.81. The molecule has 0 aliphatic heterocycles. The summed E-state index contributed by atoms with van der Waals surface area (Å²) < 4.78 is 66.2. The fourth-order valence-electron chi connectivity index (χ4n) is 2.87. The predicted octanol–water partition coefficient (Wildman–Crippen LogP) is 0.553. The molecule has 1 unspecified atom stereocenters. The first-order chi connectivity index (χ1) is 17.6. The minimum Gasteiger partial charge on any atom is -0.391 e. The average molecular weight is 583 g/mol. The topological polar surface area (TPSA) is 197 Å². The standard InChI is InChI=1S/C20H22ClF3N6O7S/c1-10-12(21)4-3-5-15(10)38(34,35)29-13-6-7-14(30(17(13)32)37-18(33)20(22,23)24)11(2)16(31)27-8-9-36-28-19(25)26/h3-7,11,29H,8-9H2,1-2H3,(H,27,31)(H4,25,26,28). The van der Waals surface area contributed by atoms with Gasteiger partial charge >= 0.3 is 17.7 Å². The number of hydrogen-bond donors (Lipinski definition) is 4. The van der Waals surface area contributed by atoms with Gasteiger partial charge in [-0.25, -0.2) is 13.2 Å². The van der Waals surface area contributed by atoms with Crippen molar-refractivity contribution >= 4 is 45.1 Å². The molecule has 0 saturated carbocycles. The number of aromatic nitrogens is 1. The molecule has 6 N–H and O–H groups in total. The van der Waals surface area contributed by atoms with Crippen LogP contribution < -0.4 is 31.9 Å². The van der Waals surface area contributed by atoms with E-state index in [0.717, 1.165) is 12.1 Å². The fourth-order valence-corrected chi connectivity index (χ4v) is 4.42. The van der Waals surface area contributed by atoms with Crippen LogP contribution in [0.3, 0.4) is 0 Å². The maximum absolute atomic E-state index is 13.0. The van der Waals surface area contributed by atoms with Crippen LogP contribution >= 0.6 is 11.6 Å². The maximum Gasteiger partial charge on any atom is 0.493 e. The minimum atomic E-state index is -5.52. The zero-order chi connectivity index (χ0) is 28.8. The zero-order valence-corrected chi connectivity index (χ0v) is 21.3. The van der Waals surface area contributed by atoms with Gasteiger partial charge in [0.1, 0.15) is 12.3 Å². The SMILES string of the molecule is Cc1c(Cl)cccc1S(=O)(=O)Nc1ccc(C(C)C(=O)NCCON=C(N)N)n(OC(=O)C(F)(F)F)c1=O. The molecular formula is C20H22ClF3N6O7S. The van der Waals surface area contributed by atoms with Gasteiger partial charge in [-0.05, 0) is 48.8 Å². The van der Waals surface area contributed by atoms with Crippen molar-refractivity contribution in [3.63, 3.8) is 0 Å². The van der Waals surface area contributed by atoms with Crippen molar-refractivity contribution in [2.24, 2.45) is 16.6 Å². The van der Waals surface area contributed by atoms with E-state index < -0.39 is 50.9 Å². The molecule has 1 amide bonds. The molecule has 0 aliphatic carbocycles. The molecule has 208 valence electrons. The van der Waals surface area contributed by atoms with Crippen LogP contribution in [0.4, 0.5) is 18.9 Å². The lowest BCUT2D eigenvalue weighted by atomic mass is 10.1. The quantitative estimate of drug-likeness (QED) is 0.134. The third kappa shape index (κ3) is 7.51. The largest absolute Gasteiger partial charge is 0.493 e. The second-order valence-electron chi connectivity index (χ2n) is 7.48. The van der Waals surface area contributed by atoms with E-state index in [4.69, 9.17) is 23.1 Å². The lowest BCUT2D eigenvalue weighted by Crippen LogP contribution is -2.42. The normalized spacial score (nSPS) is 12.3. The first kappa shape index (κ1) is 30.2. The molecule has 1 aromatic heterocycles. The van der Waals surface area contributed by atoms with Crippen molar-refractivity contribution in [3.05, 3.63) is 57.0 Å². The number of rotatable bonds is 10. The highest BCUT2D eigenvalue weighted by Crippen LogP contribution is 2.25. The Balaban J connectivity index is 2.44. The van der Waals surface area contributed by atoms with E-state index >= 15 is 0 Å². The van der Waals surface area contributed by atoms with Crippen LogP contribution in [0.25, 0.3) is 0 Å². The summed E-state index contributed by atoms with van der Waals surface area (Å²) in [4.78, 5) is 45.6. The summed E-state index contributed by atoms with van der Waals surface area (Å²) in [5.74, 6) is -5.35. The number of nitrogens with one attached hydrogen (secondary N) is 2. The van der Waals surface area contributed by atoms with E-state index in [2.05, 4.69) is 20.1 Å². The number of hydrogen-bond acceptors (Lipinski definition) is 8. The number of nitrogens with two attached hydrogens (primary N) is 2. The van der Waals surface area contributed by atoms with Crippen LogP contribution in [0.5, 0.6) is 0 Å². The minimum absolute atomic E-state index is 0.100. The second kappa shape index (κ2) is 12.0. The zero-order valence-electron chi connectivity index (χ0n) is 19.7. The van der Waals surface area contributed by atoms with Gasteiger partial charge < -0.3 is 26.5 Å². The number of pyridine rings is 1. The van der Waals surface area contributed by atoms with E-state index in [1.165, 1.54) is 32.0 Å². The van der Waals surface area contributed by atoms with Gasteiger partial charge in [-0.2, -0.15) is 13.2 Å². The van der Waals surface area contributed by atoms with Crippen molar-refractivity contribution in [2.45, 2.75) is 30.8 Å². The third-order valence-corrected chi connectivity index (χ3v) is 6.65. The van der Waals surface area contributed by atoms with Crippen LogP contribution in [-0.2, 0) is 24.4 Å². The molecule has 0 aliphatic rings. The van der Waals surface area contributed by atoms with E-state index in [1.54, 1.807) is 0 Å². The number of amides is 1. The number of halogens is 4. The smallest absolute Gasteiger partial charge is 0.391 e. The molecule has 0 spiro atoms. The monoisotopic (exact) mass is 582 g/mol. The maximum atomic E-state index is 13.0. The molecule has 18 heteroatoms. The van der Waals surface area contributed by atoms with Gasteiger partial charge in [0, 0.05) is 5.02 Å². The number of benzene rings is 1. The molecule has 2 aromatic rings. The Labute approximate surface area is 218 Å². The highest BCUT2D eigenvalue weighted by molar-refractivity contribution is 7.92. The van der Waals surface area contributed by atoms with Crippen molar-refractivity contribution in [1.29, 1.82) is 0 Å². The highest BCUT2D eigenvalue weighted by Gasteiger charge is 2.43. The van der Waals surface area contributed by atoms with Gasteiger partial charge in [0.15, 0.2) is 0 Å². The number of oxime groups is 1. The van der Waals surface area contributed by atoms with E-state index in [1.807, 2.05) is 4.72 Å². The molecule has 0 saturated heterocycles. The lowest BCUT2D eigenvalue weighted by molar-refractivity contribution is -0.200. The van der Waals surface area contributed by atoms with Gasteiger partial charge in [0.2, 0.25) is 11.9 Å². The summed E-state index contributed by atoms with van der Waals surface area (Å²) in [7, 11) is -4.47. The Kier molecular flexibility index (Phi) is 9.58. The van der Waals surface area contributed by atoms with E-state index in [-0.39, 0.29) is 39.3 Å². The number of carbonyl (C=O) groups is 2. The van der Waals surface area contributed by atoms with Crippen LogP contribution in [0, 0.1) is 6.92 Å². The fraction of sp³-hybridized carbons (Fsp3) is 0.300. The van der Waals surface area contributed by atoms with Gasteiger partial charge in [0.25, 0.3) is 10.0 Å². The molecule has 2 rings (SSSR count). The highest BCUT2D eigenvalue weighted by atomic mass is 35.5. The Morgan fingerprint density at radius 3 is 2.47 bits per heavy atom. The lowest BCUT2D eigenvalue weighted by Gasteiger charge is -2.19. The molecule has 1 atom stereocenters. The first-order valence-corrected chi connectivity index (χ1v) is 12.2. The number of guanidine groups is 1. The van der Waals surface area contributed by atoms with Crippen LogP contribution in [0.2, 0.25) is 5.02 Å². The van der Waals surface area contributed by atoms with Crippen LogP contribution in [-0.4, -0.2) is 50.3 Å². The molecule has 1 heterocycles. The molecular weight excluding hydrogens is 561 g/mol. The van der Waals surface area contributed by atoms with Crippen molar-refractivity contribution < 1.29 is 40.9 Å². The summed E-state index contributed by atoms with van der Waals surface area (Å²) >= 11 is 5.95. The van der Waals surface area contributed by atoms with Gasteiger partial charge in [-0.1, -0.05) is 17.7 Å². The number of carbonyl (C=O) groups excluding carboxylic acids is 2. The summed E-state index contributed by atoms with van der Waals surface area (Å²) in [6.45, 7) is 2.25. The summed E-state index contributed by atoms with van der Waals surface area (Å²) in [6.07, 6.45) is -5.52. The van der Waals surface area contributed by atoms with Gasteiger partial charge in [-0.15, -0.1) is 4.73 Å². The van der Waals surface area contributed by atoms with Crippen LogP contribution in [0.15, 0.2) is 45.2 Å². The Morgan fingerprint density at radius 2 is 1.87 bits per heavy atom. The summed E-state index contributed by atoms with van der Waals surface area (Å²) in [5.41, 5.74) is 7.50. The summed E-state index contributed by atoms with van der Waals surface area (Å²) in [6, 6.07) is 5.78. The molecule has 38 heavy (non-hydrogen) atoms. The molecule has 1 aromatic carbocycles. The number of alkyl halides is 3. The molecule has 0 bridgehead atoms. The number of anilines is 1. The van der Waals surface area contributed by atoms with Crippen LogP contribution in [0.1, 0.15) is 24.1 Å². The number of sulfonamides is 1. The molecule has 13 nitrogen and oxygen atoms in total. The van der Waals surface area contributed by atoms with Crippen molar-refractivity contribution in [1.82, 2.24) is 10.0 Å². The van der Waals surface area contributed by atoms with E-state index in [0.29, 0.717) is 0 Å². The Morgan fingerprint density at radius 1 is 1.21 bits per heavy atom.